The summed E-state index contributed by atoms with van der Waals surface area (Å²) < 4.78 is 16.1. The summed E-state index contributed by atoms with van der Waals surface area (Å²) in [5.74, 6) is 2.07. The Morgan fingerprint density at radius 3 is 1.68 bits per heavy atom. The first-order chi connectivity index (χ1) is 8.68. The zero-order valence-electron chi connectivity index (χ0n) is 13.0. The molecule has 1 aromatic rings. The highest BCUT2D eigenvalue weighted by atomic mass is 16.5. The van der Waals surface area contributed by atoms with Gasteiger partial charge in [-0.1, -0.05) is 6.92 Å². The summed E-state index contributed by atoms with van der Waals surface area (Å²) in [5.41, 5.74) is 6.90. The highest BCUT2D eigenvalue weighted by molar-refractivity contribution is 6.45. The van der Waals surface area contributed by atoms with Crippen molar-refractivity contribution in [1.82, 2.24) is 0 Å². The molecule has 1 atom stereocenters. The fraction of sp³-hybridized carbons (Fsp3) is 0.500. The monoisotopic (exact) mass is 261 g/mol. The van der Waals surface area contributed by atoms with Gasteiger partial charge in [-0.2, -0.15) is 0 Å². The van der Waals surface area contributed by atoms with Gasteiger partial charge < -0.3 is 19.9 Å². The smallest absolute Gasteiger partial charge is 0.164 e. The molecular formula is C12H22B3NO3. The standard InChI is InChI=1S/C12H22B3NO3/c1-11(13,16)12(14,15)7-5-9(18-3)10(19-4)6-8(7)17-2/h5-6H,13-16H2,1-4H3. The molecule has 0 spiro atoms. The van der Waals surface area contributed by atoms with Crippen LogP contribution in [0.4, 0.5) is 0 Å². The first-order valence-electron chi connectivity index (χ1n) is 6.28. The van der Waals surface area contributed by atoms with Crippen LogP contribution in [0, 0.1) is 0 Å². The minimum absolute atomic E-state index is 0.280. The van der Waals surface area contributed by atoms with Crippen LogP contribution in [0.1, 0.15) is 12.5 Å². The second kappa shape index (κ2) is 5.41. The molecule has 1 rings (SSSR count). The Labute approximate surface area is 118 Å². The Kier molecular flexibility index (Phi) is 4.51. The molecule has 0 saturated carbocycles. The predicted molar refractivity (Wildman–Crippen MR) is 86.0 cm³/mol. The largest absolute Gasteiger partial charge is 0.496 e. The van der Waals surface area contributed by atoms with Crippen molar-refractivity contribution in [3.8, 4) is 17.2 Å². The van der Waals surface area contributed by atoms with Gasteiger partial charge >= 0.3 is 0 Å². The van der Waals surface area contributed by atoms with E-state index in [2.05, 4.69) is 15.7 Å². The number of nitrogens with two attached hydrogens (primary N) is 1. The van der Waals surface area contributed by atoms with Crippen molar-refractivity contribution in [2.75, 3.05) is 21.3 Å². The number of methoxy groups -OCH3 is 3. The third kappa shape index (κ3) is 2.86. The summed E-state index contributed by atoms with van der Waals surface area (Å²) >= 11 is 0. The molecule has 0 saturated heterocycles. The van der Waals surface area contributed by atoms with Crippen LogP contribution < -0.4 is 19.9 Å². The van der Waals surface area contributed by atoms with Gasteiger partial charge in [0, 0.05) is 6.07 Å². The van der Waals surface area contributed by atoms with Crippen LogP contribution in [-0.4, -0.2) is 50.3 Å². The molecule has 0 bridgehead atoms. The first kappa shape index (κ1) is 15.8. The second-order valence-corrected chi connectivity index (χ2v) is 5.75. The predicted octanol–water partition coefficient (Wildman–Crippen LogP) is -1.56. The van der Waals surface area contributed by atoms with E-state index in [1.165, 1.54) is 0 Å². The van der Waals surface area contributed by atoms with E-state index in [-0.39, 0.29) is 5.21 Å². The SMILES string of the molecule is BC(C)(N)C(B)(B)c1cc(OC)c(OC)cc1OC. The molecule has 19 heavy (non-hydrogen) atoms. The Balaban J connectivity index is 3.50. The van der Waals surface area contributed by atoms with Gasteiger partial charge in [0.2, 0.25) is 0 Å². The summed E-state index contributed by atoms with van der Waals surface area (Å²) in [5, 5.41) is -0.280. The van der Waals surface area contributed by atoms with Crippen LogP contribution in [0.2, 0.25) is 0 Å². The van der Waals surface area contributed by atoms with Crippen LogP contribution in [0.25, 0.3) is 0 Å². The third-order valence-corrected chi connectivity index (χ3v) is 3.99. The average molecular weight is 261 g/mol. The maximum Gasteiger partial charge on any atom is 0.164 e. The van der Waals surface area contributed by atoms with Crippen molar-refractivity contribution in [3.05, 3.63) is 17.7 Å². The molecule has 1 aromatic carbocycles. The normalized spacial score (nSPS) is 14.6. The van der Waals surface area contributed by atoms with Crippen molar-refractivity contribution >= 4 is 23.5 Å². The van der Waals surface area contributed by atoms with Crippen molar-refractivity contribution < 1.29 is 14.2 Å². The Bertz CT molecular complexity index is 458. The second-order valence-electron chi connectivity index (χ2n) is 5.75. The summed E-state index contributed by atoms with van der Waals surface area (Å²) in [7, 11) is 11.1. The lowest BCUT2D eigenvalue weighted by Crippen LogP contribution is -2.58. The summed E-state index contributed by atoms with van der Waals surface area (Å²) in [6.07, 6.45) is 0. The minimum atomic E-state index is -0.403. The summed E-state index contributed by atoms with van der Waals surface area (Å²) in [6.45, 7) is 2.00. The Morgan fingerprint density at radius 2 is 1.32 bits per heavy atom. The zero-order valence-corrected chi connectivity index (χ0v) is 13.0. The molecule has 0 aliphatic carbocycles. The lowest BCUT2D eigenvalue weighted by Gasteiger charge is -2.40. The number of rotatable bonds is 5. The van der Waals surface area contributed by atoms with Gasteiger partial charge in [0.1, 0.15) is 29.3 Å². The number of ether oxygens (including phenoxy) is 3. The van der Waals surface area contributed by atoms with Gasteiger partial charge in [-0.05, 0) is 22.3 Å². The van der Waals surface area contributed by atoms with E-state index in [4.69, 9.17) is 19.9 Å². The van der Waals surface area contributed by atoms with Crippen LogP contribution >= 0.6 is 0 Å². The fourth-order valence-electron chi connectivity index (χ4n) is 1.86. The molecule has 0 amide bonds. The molecule has 2 N–H and O–H groups in total. The molecule has 7 heteroatoms. The molecule has 0 aliphatic heterocycles. The van der Waals surface area contributed by atoms with E-state index in [1.54, 1.807) is 21.3 Å². The van der Waals surface area contributed by atoms with Gasteiger partial charge in [0.25, 0.3) is 0 Å². The molecule has 102 valence electrons. The highest BCUT2D eigenvalue weighted by Crippen LogP contribution is 2.40. The minimum Gasteiger partial charge on any atom is -0.496 e. The van der Waals surface area contributed by atoms with Gasteiger partial charge in [-0.3, -0.25) is 0 Å². The highest BCUT2D eigenvalue weighted by Gasteiger charge is 2.37. The number of hydrogen-bond acceptors (Lipinski definition) is 4. The van der Waals surface area contributed by atoms with Crippen LogP contribution in [0.15, 0.2) is 12.1 Å². The maximum atomic E-state index is 6.30. The molecule has 1 unspecified atom stereocenters. The molecule has 0 aliphatic rings. The van der Waals surface area contributed by atoms with E-state index >= 15 is 0 Å². The lowest BCUT2D eigenvalue weighted by molar-refractivity contribution is 0.346. The average Bonchev–Trinajstić information content (AvgIpc) is 2.35. The van der Waals surface area contributed by atoms with Gasteiger partial charge in [0.05, 0.1) is 21.3 Å². The van der Waals surface area contributed by atoms with Crippen LogP contribution in [0.3, 0.4) is 0 Å². The molecular weight excluding hydrogens is 239 g/mol. The van der Waals surface area contributed by atoms with Crippen molar-refractivity contribution in [2.24, 2.45) is 5.73 Å². The molecule has 4 nitrogen and oxygen atoms in total. The van der Waals surface area contributed by atoms with E-state index in [9.17, 15) is 0 Å². The first-order valence-corrected chi connectivity index (χ1v) is 6.28. The third-order valence-electron chi connectivity index (χ3n) is 3.99. The number of benzene rings is 1. The molecule has 0 radical (unpaired) electrons. The maximum absolute atomic E-state index is 6.30. The van der Waals surface area contributed by atoms with Crippen LogP contribution in [0.5, 0.6) is 17.2 Å². The van der Waals surface area contributed by atoms with Crippen LogP contribution in [-0.2, 0) is 5.21 Å². The van der Waals surface area contributed by atoms with Gasteiger partial charge in [-0.25, -0.2) is 0 Å². The topological polar surface area (TPSA) is 53.7 Å². The molecule has 0 heterocycles. The molecule has 0 aromatic heterocycles. The van der Waals surface area contributed by atoms with Crippen molar-refractivity contribution in [3.63, 3.8) is 0 Å². The lowest BCUT2D eigenvalue weighted by atomic mass is 9.38. The van der Waals surface area contributed by atoms with E-state index in [0.29, 0.717) is 11.5 Å². The summed E-state index contributed by atoms with van der Waals surface area (Å²) in [6, 6.07) is 3.77. The van der Waals surface area contributed by atoms with E-state index in [1.807, 2.05) is 26.9 Å². The zero-order chi connectivity index (χ0) is 14.8. The summed E-state index contributed by atoms with van der Waals surface area (Å²) in [4.78, 5) is 0. The molecule has 0 fully saturated rings. The number of hydrogen-bond donors (Lipinski definition) is 1. The van der Waals surface area contributed by atoms with E-state index < -0.39 is 5.44 Å². The van der Waals surface area contributed by atoms with E-state index in [0.717, 1.165) is 11.3 Å². The van der Waals surface area contributed by atoms with Crippen molar-refractivity contribution in [1.29, 1.82) is 0 Å². The Morgan fingerprint density at radius 1 is 0.895 bits per heavy atom. The Hall–Kier alpha value is -1.23. The fourth-order valence-corrected chi connectivity index (χ4v) is 1.86. The van der Waals surface area contributed by atoms with Gasteiger partial charge in [-0.15, -0.1) is 0 Å². The van der Waals surface area contributed by atoms with Gasteiger partial charge in [0.15, 0.2) is 11.5 Å². The van der Waals surface area contributed by atoms with Crippen molar-refractivity contribution in [2.45, 2.75) is 17.6 Å². The quantitative estimate of drug-likeness (QED) is 0.651.